The van der Waals surface area contributed by atoms with Gasteiger partial charge in [0.2, 0.25) is 0 Å². The Labute approximate surface area is 295 Å². The van der Waals surface area contributed by atoms with Gasteiger partial charge < -0.3 is 24.6 Å². The second-order valence-corrected chi connectivity index (χ2v) is 15.5. The molecule has 0 aromatic carbocycles. The Morgan fingerprint density at radius 3 is 1.79 bits per heavy atom. The highest BCUT2D eigenvalue weighted by molar-refractivity contribution is 5.70. The molecular weight excluding hydrogens is 598 g/mol. The Balaban J connectivity index is 1.14. The number of unbranched alkanes of at least 4 members (excludes halogenated alkanes) is 15. The molecule has 1 aliphatic heterocycles. The standard InChI is InChI=1S/C41H75N3O4/c1-2-3-4-5-7-13-18-34-47-39(45)21-15-10-9-12-17-30-43(31-20-32-44-33-28-42-37-44)29-16-11-6-8-14-19-35-48-40(46)36-41-25-22-38(23-26-41)24-27-41/h28,33,38,42H,2-27,29-32,34-37H2,1H3. The van der Waals surface area contributed by atoms with Crippen molar-refractivity contribution in [3.8, 4) is 0 Å². The molecule has 3 aliphatic carbocycles. The molecule has 3 saturated carbocycles. The molecule has 7 nitrogen and oxygen atoms in total. The summed E-state index contributed by atoms with van der Waals surface area (Å²) >= 11 is 0. The number of nitrogens with zero attached hydrogens (tertiary/aromatic N) is 2. The maximum absolute atomic E-state index is 12.5. The monoisotopic (exact) mass is 674 g/mol. The van der Waals surface area contributed by atoms with Crippen LogP contribution in [0.2, 0.25) is 0 Å². The highest BCUT2D eigenvalue weighted by Gasteiger charge is 2.41. The van der Waals surface area contributed by atoms with Crippen molar-refractivity contribution in [3.05, 3.63) is 12.4 Å². The van der Waals surface area contributed by atoms with E-state index in [1.54, 1.807) is 0 Å². The third-order valence-electron chi connectivity index (χ3n) is 11.4. The Morgan fingerprint density at radius 1 is 0.688 bits per heavy atom. The molecule has 0 unspecified atom stereocenters. The van der Waals surface area contributed by atoms with Gasteiger partial charge in [-0.25, -0.2) is 0 Å². The van der Waals surface area contributed by atoms with Crippen molar-refractivity contribution in [1.82, 2.24) is 15.1 Å². The zero-order valence-corrected chi connectivity index (χ0v) is 31.3. The number of carbonyl (C=O) groups excluding carboxylic acids is 2. The lowest BCUT2D eigenvalue weighted by atomic mass is 9.59. The highest BCUT2D eigenvalue weighted by Crippen LogP contribution is 2.52. The summed E-state index contributed by atoms with van der Waals surface area (Å²) in [5.74, 6) is 0.993. The molecule has 0 saturated heterocycles. The van der Waals surface area contributed by atoms with Gasteiger partial charge in [-0.15, -0.1) is 0 Å². The number of fused-ring (bicyclic) bond motifs is 3. The van der Waals surface area contributed by atoms with E-state index in [9.17, 15) is 9.59 Å². The molecule has 1 heterocycles. The van der Waals surface area contributed by atoms with Crippen LogP contribution in [0.1, 0.15) is 180 Å². The fourth-order valence-corrected chi connectivity index (χ4v) is 8.11. The van der Waals surface area contributed by atoms with E-state index in [1.165, 1.54) is 148 Å². The predicted molar refractivity (Wildman–Crippen MR) is 198 cm³/mol. The zero-order valence-electron chi connectivity index (χ0n) is 31.3. The second-order valence-electron chi connectivity index (χ2n) is 15.5. The summed E-state index contributed by atoms with van der Waals surface area (Å²) in [5.41, 5.74) is 0.283. The molecule has 4 aliphatic rings. The van der Waals surface area contributed by atoms with Gasteiger partial charge >= 0.3 is 11.9 Å². The van der Waals surface area contributed by atoms with Crippen LogP contribution in [-0.4, -0.2) is 67.8 Å². The molecule has 0 aromatic rings. The van der Waals surface area contributed by atoms with E-state index in [2.05, 4.69) is 28.2 Å². The smallest absolute Gasteiger partial charge is 0.306 e. The maximum Gasteiger partial charge on any atom is 0.306 e. The first-order chi connectivity index (χ1) is 23.6. The Kier molecular flexibility index (Phi) is 22.1. The number of hydrogen-bond donors (Lipinski definition) is 1. The third-order valence-corrected chi connectivity index (χ3v) is 11.4. The minimum absolute atomic E-state index is 0.00488. The summed E-state index contributed by atoms with van der Waals surface area (Å²) in [6.45, 7) is 9.05. The van der Waals surface area contributed by atoms with Crippen molar-refractivity contribution in [2.45, 2.75) is 180 Å². The van der Waals surface area contributed by atoms with Gasteiger partial charge in [0.25, 0.3) is 0 Å². The van der Waals surface area contributed by atoms with Crippen LogP contribution < -0.4 is 5.32 Å². The van der Waals surface area contributed by atoms with Gasteiger partial charge in [0.05, 0.1) is 26.3 Å². The molecule has 4 rings (SSSR count). The van der Waals surface area contributed by atoms with Gasteiger partial charge in [-0.3, -0.25) is 9.59 Å². The fraction of sp³-hybridized carbons (Fsp3) is 0.902. The van der Waals surface area contributed by atoms with Crippen molar-refractivity contribution in [1.29, 1.82) is 0 Å². The lowest BCUT2D eigenvalue weighted by Gasteiger charge is -2.46. The Bertz CT molecular complexity index is 843. The second kappa shape index (κ2) is 26.1. The molecule has 1 N–H and O–H groups in total. The highest BCUT2D eigenvalue weighted by atomic mass is 16.5. The lowest BCUT2D eigenvalue weighted by Crippen LogP contribution is -2.36. The van der Waals surface area contributed by atoms with E-state index < -0.39 is 0 Å². The quantitative estimate of drug-likeness (QED) is 0.0580. The SMILES string of the molecule is CCCCCCCCCOC(=O)CCCCCCCN(CCCCCCCCOC(=O)CC12CCC(CC1)CC2)CCCN1C=CNC1. The zero-order chi connectivity index (χ0) is 34.0. The van der Waals surface area contributed by atoms with Gasteiger partial charge in [0.15, 0.2) is 0 Å². The van der Waals surface area contributed by atoms with Crippen LogP contribution in [0, 0.1) is 11.3 Å². The topological polar surface area (TPSA) is 71.1 Å². The average Bonchev–Trinajstić information content (AvgIpc) is 3.62. The van der Waals surface area contributed by atoms with E-state index >= 15 is 0 Å². The Hall–Kier alpha value is -1.76. The molecule has 278 valence electrons. The van der Waals surface area contributed by atoms with Crippen LogP contribution in [0.15, 0.2) is 12.4 Å². The average molecular weight is 674 g/mol. The van der Waals surface area contributed by atoms with Gasteiger partial charge in [-0.1, -0.05) is 90.4 Å². The van der Waals surface area contributed by atoms with E-state index in [-0.39, 0.29) is 17.4 Å². The Morgan fingerprint density at radius 2 is 1.21 bits per heavy atom. The summed E-state index contributed by atoms with van der Waals surface area (Å²) in [6.07, 6.45) is 36.2. The number of carbonyl (C=O) groups is 2. The van der Waals surface area contributed by atoms with Gasteiger partial charge in [-0.2, -0.15) is 0 Å². The molecule has 2 bridgehead atoms. The van der Waals surface area contributed by atoms with Gasteiger partial charge in [0, 0.05) is 25.4 Å². The molecule has 48 heavy (non-hydrogen) atoms. The van der Waals surface area contributed by atoms with E-state index in [0.717, 1.165) is 51.2 Å². The maximum atomic E-state index is 12.5. The molecular formula is C41H75N3O4. The number of rotatable bonds is 31. The normalized spacial score (nSPS) is 20.0. The minimum Gasteiger partial charge on any atom is -0.466 e. The summed E-state index contributed by atoms with van der Waals surface area (Å²) in [6, 6.07) is 0. The number of esters is 2. The summed E-state index contributed by atoms with van der Waals surface area (Å²) in [7, 11) is 0. The minimum atomic E-state index is -0.00488. The largest absolute Gasteiger partial charge is 0.466 e. The van der Waals surface area contributed by atoms with Crippen molar-refractivity contribution in [2.24, 2.45) is 11.3 Å². The molecule has 0 spiro atoms. The van der Waals surface area contributed by atoms with Crippen LogP contribution >= 0.6 is 0 Å². The molecule has 0 radical (unpaired) electrons. The summed E-state index contributed by atoms with van der Waals surface area (Å²) < 4.78 is 11.1. The lowest BCUT2D eigenvalue weighted by molar-refractivity contribution is -0.148. The summed E-state index contributed by atoms with van der Waals surface area (Å²) in [4.78, 5) is 29.6. The van der Waals surface area contributed by atoms with E-state index in [4.69, 9.17) is 9.47 Å². The number of nitrogens with one attached hydrogen (secondary N) is 1. The van der Waals surface area contributed by atoms with Gasteiger partial charge in [0.1, 0.15) is 0 Å². The molecule has 0 aromatic heterocycles. The third kappa shape index (κ3) is 18.9. The summed E-state index contributed by atoms with van der Waals surface area (Å²) in [5, 5.41) is 3.27. The van der Waals surface area contributed by atoms with Crippen molar-refractivity contribution < 1.29 is 19.1 Å². The van der Waals surface area contributed by atoms with Crippen molar-refractivity contribution in [3.63, 3.8) is 0 Å². The number of ether oxygens (including phenoxy) is 2. The van der Waals surface area contributed by atoms with Crippen LogP contribution in [-0.2, 0) is 19.1 Å². The van der Waals surface area contributed by atoms with E-state index in [0.29, 0.717) is 26.1 Å². The molecule has 0 amide bonds. The molecule has 0 atom stereocenters. The number of hydrogen-bond acceptors (Lipinski definition) is 7. The van der Waals surface area contributed by atoms with Crippen LogP contribution in [0.4, 0.5) is 0 Å². The van der Waals surface area contributed by atoms with Crippen LogP contribution in [0.5, 0.6) is 0 Å². The van der Waals surface area contributed by atoms with Crippen LogP contribution in [0.3, 0.4) is 0 Å². The predicted octanol–water partition coefficient (Wildman–Crippen LogP) is 9.89. The molecule has 3 fully saturated rings. The van der Waals surface area contributed by atoms with Gasteiger partial charge in [-0.05, 0) is 108 Å². The molecule has 7 heteroatoms. The van der Waals surface area contributed by atoms with Crippen LogP contribution in [0.25, 0.3) is 0 Å². The first-order valence-corrected chi connectivity index (χ1v) is 20.8. The first kappa shape index (κ1) is 40.7. The first-order valence-electron chi connectivity index (χ1n) is 20.8. The fourth-order valence-electron chi connectivity index (χ4n) is 8.11. The van der Waals surface area contributed by atoms with Crippen molar-refractivity contribution in [2.75, 3.05) is 46.1 Å². The van der Waals surface area contributed by atoms with E-state index in [1.807, 2.05) is 6.20 Å². The van der Waals surface area contributed by atoms with Crippen molar-refractivity contribution >= 4 is 11.9 Å².